The Labute approximate surface area is 170 Å². The molecule has 3 rings (SSSR count). The van der Waals surface area contributed by atoms with Crippen LogP contribution in [0.4, 0.5) is 18.9 Å². The van der Waals surface area contributed by atoms with Crippen molar-refractivity contribution in [3.05, 3.63) is 58.1 Å². The van der Waals surface area contributed by atoms with E-state index in [0.29, 0.717) is 0 Å². The molecule has 1 atom stereocenters. The monoisotopic (exact) mass is 417 g/mol. The van der Waals surface area contributed by atoms with Gasteiger partial charge in [0.05, 0.1) is 14.4 Å². The summed E-state index contributed by atoms with van der Waals surface area (Å²) in [6, 6.07) is 1.96. The average molecular weight is 418 g/mol. The van der Waals surface area contributed by atoms with Crippen LogP contribution in [0.25, 0.3) is 0 Å². The van der Waals surface area contributed by atoms with Crippen molar-refractivity contribution in [3.63, 3.8) is 0 Å². The van der Waals surface area contributed by atoms with Crippen LogP contribution in [0, 0.1) is 12.7 Å². The molecule has 1 amide bonds. The molecule has 1 unspecified atom stereocenters. The molecule has 6 nitrogen and oxygen atoms in total. The van der Waals surface area contributed by atoms with Gasteiger partial charge in [0.25, 0.3) is 12.3 Å². The number of alkyl halides is 2. The number of rotatable bonds is 4. The third kappa shape index (κ3) is 3.81. The summed E-state index contributed by atoms with van der Waals surface area (Å²) in [5.74, 6) is -2.51. The highest BCUT2D eigenvalue weighted by atomic mass is 35.5. The van der Waals surface area contributed by atoms with E-state index in [9.17, 15) is 18.0 Å². The molecule has 28 heavy (non-hydrogen) atoms. The van der Waals surface area contributed by atoms with Gasteiger partial charge in [-0.2, -0.15) is 0 Å². The first-order valence-electron chi connectivity index (χ1n) is 10.3. The van der Waals surface area contributed by atoms with Gasteiger partial charge < -0.3 is 15.8 Å². The maximum absolute atomic E-state index is 14.6. The second-order valence-electron chi connectivity index (χ2n) is 5.86. The number of amides is 1. The Morgan fingerprint density at radius 1 is 1.54 bits per heavy atom. The summed E-state index contributed by atoms with van der Waals surface area (Å²) < 4.78 is 85.8. The minimum Gasteiger partial charge on any atom is -0.385 e. The predicted octanol–water partition coefficient (Wildman–Crippen LogP) is 3.28. The molecular weight excluding hydrogens is 397 g/mol. The second-order valence-corrected chi connectivity index (χ2v) is 6.23. The number of nitrogens with one attached hydrogen (secondary N) is 1. The summed E-state index contributed by atoms with van der Waals surface area (Å²) in [4.78, 5) is 20.1. The quantitative estimate of drug-likeness (QED) is 0.798. The topological polar surface area (TPSA) is 89.6 Å². The summed E-state index contributed by atoms with van der Waals surface area (Å²) >= 11 is 5.74. The minimum atomic E-state index is -3.21. The highest BCUT2D eigenvalue weighted by Gasteiger charge is 2.46. The van der Waals surface area contributed by atoms with E-state index in [1.807, 2.05) is 0 Å². The Kier molecular flexibility index (Phi) is 3.98. The third-order valence-electron chi connectivity index (χ3n) is 3.92. The van der Waals surface area contributed by atoms with Gasteiger partial charge in [0.15, 0.2) is 5.54 Å². The van der Waals surface area contributed by atoms with Crippen molar-refractivity contribution in [2.24, 2.45) is 10.7 Å². The highest BCUT2D eigenvalue weighted by molar-refractivity contribution is 6.30. The van der Waals surface area contributed by atoms with Crippen molar-refractivity contribution in [1.29, 1.82) is 0 Å². The number of pyridine rings is 1. The zero-order valence-corrected chi connectivity index (χ0v) is 14.8. The first-order valence-corrected chi connectivity index (χ1v) is 8.14. The number of nitrogens with zero attached hydrogens (tertiary/aromatic N) is 2. The number of hydrogen-bond donors (Lipinski definition) is 2. The SMILES string of the molecule is [2H]c1nc(C(=O)Nc2ccc(F)c(C3(C(F)F)COCC(N)=N3)c2)c(C([2H])([2H])[2H])c([2H])c1Cl. The lowest BCUT2D eigenvalue weighted by Crippen LogP contribution is -2.45. The molecule has 0 aliphatic carbocycles. The van der Waals surface area contributed by atoms with Gasteiger partial charge >= 0.3 is 0 Å². The summed E-state index contributed by atoms with van der Waals surface area (Å²) in [5.41, 5.74) is 0.657. The molecule has 1 aromatic carbocycles. The van der Waals surface area contributed by atoms with E-state index >= 15 is 0 Å². The lowest BCUT2D eigenvalue weighted by molar-refractivity contribution is -0.0145. The summed E-state index contributed by atoms with van der Waals surface area (Å²) in [6.07, 6.45) is -3.92. The van der Waals surface area contributed by atoms with E-state index in [1.54, 1.807) is 0 Å². The Hall–Kier alpha value is -2.65. The smallest absolute Gasteiger partial charge is 0.274 e. The number of aliphatic imine (C=N–C) groups is 1. The van der Waals surface area contributed by atoms with Gasteiger partial charge in [-0.05, 0) is 36.7 Å². The van der Waals surface area contributed by atoms with E-state index in [0.717, 1.165) is 18.2 Å². The fourth-order valence-electron chi connectivity index (χ4n) is 2.65. The molecule has 0 spiro atoms. The van der Waals surface area contributed by atoms with Crippen molar-refractivity contribution in [2.45, 2.75) is 18.8 Å². The van der Waals surface area contributed by atoms with Crippen LogP contribution in [0.3, 0.4) is 0 Å². The standard InChI is InChI=1S/C18H16ClF3N4O2/c1-9-4-10(19)6-24-15(9)16(27)25-11-2-3-13(20)12(5-11)18(17(21)22)8-28-7-14(23)26-18/h2-6,17H,7-8H2,1H3,(H2,23,26)(H,25,27)/i1D3,4D,6D. The first kappa shape index (κ1) is 14.4. The number of nitrogens with two attached hydrogens (primary N) is 1. The molecule has 2 aromatic rings. The van der Waals surface area contributed by atoms with Crippen molar-refractivity contribution in [2.75, 3.05) is 18.5 Å². The number of hydrogen-bond acceptors (Lipinski definition) is 5. The van der Waals surface area contributed by atoms with Crippen LogP contribution in [0.15, 0.2) is 35.4 Å². The van der Waals surface area contributed by atoms with Crippen LogP contribution in [-0.4, -0.2) is 36.4 Å². The van der Waals surface area contributed by atoms with Crippen molar-refractivity contribution in [1.82, 2.24) is 4.98 Å². The van der Waals surface area contributed by atoms with Gasteiger partial charge in [0.1, 0.15) is 24.0 Å². The maximum Gasteiger partial charge on any atom is 0.274 e. The summed E-state index contributed by atoms with van der Waals surface area (Å²) in [6.45, 7) is -3.86. The first-order chi connectivity index (χ1) is 15.3. The normalized spacial score (nSPS) is 22.5. The van der Waals surface area contributed by atoms with Crippen molar-refractivity contribution >= 4 is 29.0 Å². The van der Waals surface area contributed by atoms with Gasteiger partial charge in [-0.1, -0.05) is 11.6 Å². The molecule has 148 valence electrons. The fraction of sp³-hybridized carbons (Fsp3) is 0.278. The number of amidine groups is 1. The summed E-state index contributed by atoms with van der Waals surface area (Å²) in [7, 11) is 0. The second kappa shape index (κ2) is 7.76. The van der Waals surface area contributed by atoms with Crippen LogP contribution >= 0.6 is 11.6 Å². The number of ether oxygens (including phenoxy) is 1. The van der Waals surface area contributed by atoms with Crippen LogP contribution < -0.4 is 11.1 Å². The summed E-state index contributed by atoms with van der Waals surface area (Å²) in [5, 5.41) is 1.66. The number of halogens is 4. The zero-order chi connectivity index (χ0) is 24.7. The van der Waals surface area contributed by atoms with Crippen molar-refractivity contribution in [3.8, 4) is 0 Å². The molecule has 10 heteroatoms. The molecule has 0 bridgehead atoms. The fourth-order valence-corrected chi connectivity index (χ4v) is 2.78. The Bertz CT molecular complexity index is 1150. The van der Waals surface area contributed by atoms with E-state index in [4.69, 9.17) is 28.9 Å². The number of benzene rings is 1. The van der Waals surface area contributed by atoms with Gasteiger partial charge in [0.2, 0.25) is 0 Å². The van der Waals surface area contributed by atoms with Gasteiger partial charge in [0, 0.05) is 21.5 Å². The molecule has 3 N–H and O–H groups in total. The molecule has 1 aliphatic rings. The van der Waals surface area contributed by atoms with E-state index < -0.39 is 71.2 Å². The molecule has 0 saturated heterocycles. The lowest BCUT2D eigenvalue weighted by atomic mass is 9.90. The molecule has 0 saturated carbocycles. The maximum atomic E-state index is 14.6. The van der Waals surface area contributed by atoms with E-state index in [1.165, 1.54) is 0 Å². The zero-order valence-electron chi connectivity index (χ0n) is 19.0. The average Bonchev–Trinajstić information content (AvgIpc) is 2.71. The number of aromatic nitrogens is 1. The Morgan fingerprint density at radius 2 is 2.32 bits per heavy atom. The largest absolute Gasteiger partial charge is 0.385 e. The molecule has 1 aromatic heterocycles. The Morgan fingerprint density at radius 3 is 3.00 bits per heavy atom. The minimum absolute atomic E-state index is 0.206. The molecule has 1 aliphatic heterocycles. The highest BCUT2D eigenvalue weighted by Crippen LogP contribution is 2.38. The van der Waals surface area contributed by atoms with E-state index in [-0.39, 0.29) is 18.1 Å². The molecule has 0 radical (unpaired) electrons. The number of carbonyl (C=O) groups excluding carboxylic acids is 1. The molecular formula is C18H16ClF3N4O2. The van der Waals surface area contributed by atoms with E-state index in [2.05, 4.69) is 15.3 Å². The van der Waals surface area contributed by atoms with Gasteiger partial charge in [-0.25, -0.2) is 18.2 Å². The van der Waals surface area contributed by atoms with Gasteiger partial charge in [-0.3, -0.25) is 9.79 Å². The van der Waals surface area contributed by atoms with Crippen LogP contribution in [-0.2, 0) is 10.3 Å². The van der Waals surface area contributed by atoms with Crippen molar-refractivity contribution < 1.29 is 29.6 Å². The molecule has 0 fully saturated rings. The van der Waals surface area contributed by atoms with Crippen LogP contribution in [0.1, 0.15) is 28.5 Å². The molecule has 2 heterocycles. The van der Waals surface area contributed by atoms with Crippen LogP contribution in [0.5, 0.6) is 0 Å². The predicted molar refractivity (Wildman–Crippen MR) is 98.5 cm³/mol. The Balaban J connectivity index is 2.07. The number of anilines is 1. The van der Waals surface area contributed by atoms with Gasteiger partial charge in [-0.15, -0.1) is 0 Å². The number of carbonyl (C=O) groups is 1. The third-order valence-corrected chi connectivity index (χ3v) is 4.10. The van der Waals surface area contributed by atoms with Crippen LogP contribution in [0.2, 0.25) is 5.02 Å². The lowest BCUT2D eigenvalue weighted by Gasteiger charge is -2.33.